The van der Waals surface area contributed by atoms with Crippen LogP contribution in [-0.4, -0.2) is 38.6 Å². The monoisotopic (exact) mass is 592 g/mol. The molecule has 0 amide bonds. The molecule has 0 saturated carbocycles. The average Bonchev–Trinajstić information content (AvgIpc) is 3.16. The lowest BCUT2D eigenvalue weighted by molar-refractivity contribution is 0.355. The van der Waals surface area contributed by atoms with Crippen LogP contribution < -0.4 is 18.9 Å². The summed E-state index contributed by atoms with van der Waals surface area (Å²) in [7, 11) is 6.51. The molecule has 1 aromatic heterocycles. The van der Waals surface area contributed by atoms with Gasteiger partial charge in [-0.25, -0.2) is 0 Å². The SMILES string of the molecule is COc1cc(I)c(-c2cn[nH]c2-c2cc(OC)c(OC)cc2I)cc1OC. The normalized spacial score (nSPS) is 10.6. The van der Waals surface area contributed by atoms with Crippen LogP contribution in [0.4, 0.5) is 0 Å². The Morgan fingerprint density at radius 2 is 1.11 bits per heavy atom. The molecule has 1 N–H and O–H groups in total. The zero-order valence-corrected chi connectivity index (χ0v) is 19.5. The molecule has 0 radical (unpaired) electrons. The molecule has 0 aliphatic rings. The van der Waals surface area contributed by atoms with Crippen molar-refractivity contribution in [2.75, 3.05) is 28.4 Å². The third-order valence-corrected chi connectivity index (χ3v) is 5.93. The molecule has 6 nitrogen and oxygen atoms in total. The first-order valence-corrected chi connectivity index (χ1v) is 10.1. The lowest BCUT2D eigenvalue weighted by atomic mass is 10.0. The minimum absolute atomic E-state index is 0.662. The van der Waals surface area contributed by atoms with Gasteiger partial charge in [0, 0.05) is 23.8 Å². The van der Waals surface area contributed by atoms with Crippen LogP contribution in [0.15, 0.2) is 30.5 Å². The number of rotatable bonds is 6. The fraction of sp³-hybridized carbons (Fsp3) is 0.211. The van der Waals surface area contributed by atoms with Crippen LogP contribution in [0.2, 0.25) is 0 Å². The lowest BCUT2D eigenvalue weighted by Crippen LogP contribution is -1.96. The van der Waals surface area contributed by atoms with Gasteiger partial charge >= 0.3 is 0 Å². The fourth-order valence-corrected chi connectivity index (χ4v) is 4.24. The lowest BCUT2D eigenvalue weighted by Gasteiger charge is -2.14. The second kappa shape index (κ2) is 8.55. The van der Waals surface area contributed by atoms with Crippen LogP contribution in [0.5, 0.6) is 23.0 Å². The van der Waals surface area contributed by atoms with E-state index < -0.39 is 0 Å². The fourth-order valence-electron chi connectivity index (χ4n) is 2.80. The van der Waals surface area contributed by atoms with Gasteiger partial charge in [-0.1, -0.05) is 0 Å². The summed E-state index contributed by atoms with van der Waals surface area (Å²) in [6, 6.07) is 7.80. The molecule has 0 spiro atoms. The van der Waals surface area contributed by atoms with Crippen molar-refractivity contribution in [1.29, 1.82) is 0 Å². The number of nitrogens with zero attached hydrogens (tertiary/aromatic N) is 1. The molecule has 0 fully saturated rings. The maximum absolute atomic E-state index is 5.47. The van der Waals surface area contributed by atoms with Crippen LogP contribution in [0, 0.1) is 7.14 Å². The van der Waals surface area contributed by atoms with Gasteiger partial charge in [0.25, 0.3) is 0 Å². The topological polar surface area (TPSA) is 65.6 Å². The van der Waals surface area contributed by atoms with Crippen LogP contribution >= 0.6 is 45.2 Å². The van der Waals surface area contributed by atoms with Gasteiger partial charge in [-0.3, -0.25) is 5.10 Å². The molecule has 2 aromatic carbocycles. The van der Waals surface area contributed by atoms with Gasteiger partial charge in [0.05, 0.1) is 40.3 Å². The molecule has 27 heavy (non-hydrogen) atoms. The van der Waals surface area contributed by atoms with E-state index in [1.54, 1.807) is 28.4 Å². The highest BCUT2D eigenvalue weighted by atomic mass is 127. The molecule has 1 heterocycles. The van der Waals surface area contributed by atoms with Gasteiger partial charge in [-0.05, 0) is 69.4 Å². The number of ether oxygens (including phenoxy) is 4. The third-order valence-electron chi connectivity index (χ3n) is 4.15. The smallest absolute Gasteiger partial charge is 0.161 e. The van der Waals surface area contributed by atoms with Crippen molar-refractivity contribution in [2.45, 2.75) is 0 Å². The molecular formula is C19H18I2N2O4. The third kappa shape index (κ3) is 3.82. The van der Waals surface area contributed by atoms with Crippen molar-refractivity contribution in [1.82, 2.24) is 10.2 Å². The first kappa shape index (κ1) is 20.1. The van der Waals surface area contributed by atoms with Gasteiger partial charge in [0.2, 0.25) is 0 Å². The summed E-state index contributed by atoms with van der Waals surface area (Å²) in [5.74, 6) is 2.71. The van der Waals surface area contributed by atoms with Gasteiger partial charge in [0.1, 0.15) is 0 Å². The summed E-state index contributed by atoms with van der Waals surface area (Å²) in [4.78, 5) is 0. The Morgan fingerprint density at radius 1 is 0.667 bits per heavy atom. The number of H-pyrrole nitrogens is 1. The van der Waals surface area contributed by atoms with Gasteiger partial charge in [-0.15, -0.1) is 0 Å². The first-order valence-electron chi connectivity index (χ1n) is 7.91. The number of halogens is 2. The van der Waals surface area contributed by atoms with E-state index in [4.69, 9.17) is 18.9 Å². The summed E-state index contributed by atoms with van der Waals surface area (Å²) in [6.07, 6.45) is 1.81. The Balaban J connectivity index is 2.19. The van der Waals surface area contributed by atoms with E-state index in [1.807, 2.05) is 30.5 Å². The predicted molar refractivity (Wildman–Crippen MR) is 121 cm³/mol. The van der Waals surface area contributed by atoms with Crippen LogP contribution in [0.25, 0.3) is 22.4 Å². The highest BCUT2D eigenvalue weighted by Gasteiger charge is 2.19. The van der Waals surface area contributed by atoms with E-state index in [2.05, 4.69) is 55.4 Å². The zero-order valence-electron chi connectivity index (χ0n) is 15.2. The van der Waals surface area contributed by atoms with E-state index >= 15 is 0 Å². The van der Waals surface area contributed by atoms with Crippen molar-refractivity contribution in [2.24, 2.45) is 0 Å². The Kier molecular flexibility index (Phi) is 6.35. The standard InChI is InChI=1S/C19H18I2N2O4/c1-24-15-5-10(13(20)7-17(15)26-3)12-9-22-23-19(12)11-6-16(25-2)18(27-4)8-14(11)21/h5-9H,1-4H3,(H,22,23). The quantitative estimate of drug-likeness (QED) is 0.409. The molecule has 0 aliphatic heterocycles. The van der Waals surface area contributed by atoms with Crippen LogP contribution in [-0.2, 0) is 0 Å². The Hall–Kier alpha value is -1.69. The summed E-state index contributed by atoms with van der Waals surface area (Å²) < 4.78 is 23.8. The molecule has 0 unspecified atom stereocenters. The van der Waals surface area contributed by atoms with Crippen LogP contribution in [0.1, 0.15) is 0 Å². The number of methoxy groups -OCH3 is 4. The van der Waals surface area contributed by atoms with Crippen LogP contribution in [0.3, 0.4) is 0 Å². The molecule has 3 aromatic rings. The van der Waals surface area contributed by atoms with Crippen molar-refractivity contribution >= 4 is 45.2 Å². The van der Waals surface area contributed by atoms with E-state index in [0.717, 1.165) is 29.5 Å². The number of benzene rings is 2. The Bertz CT molecular complexity index is 897. The molecular weight excluding hydrogens is 574 g/mol. The van der Waals surface area contributed by atoms with Gasteiger partial charge in [0.15, 0.2) is 23.0 Å². The van der Waals surface area contributed by atoms with Gasteiger partial charge in [-0.2, -0.15) is 5.10 Å². The first-order chi connectivity index (χ1) is 13.0. The number of hydrogen-bond acceptors (Lipinski definition) is 5. The van der Waals surface area contributed by atoms with E-state index in [0.29, 0.717) is 23.0 Å². The zero-order chi connectivity index (χ0) is 19.6. The Labute approximate surface area is 184 Å². The summed E-state index contributed by atoms with van der Waals surface area (Å²) >= 11 is 4.57. The number of hydrogen-bond donors (Lipinski definition) is 1. The minimum atomic E-state index is 0.662. The minimum Gasteiger partial charge on any atom is -0.493 e. The van der Waals surface area contributed by atoms with E-state index in [-0.39, 0.29) is 0 Å². The molecule has 142 valence electrons. The maximum Gasteiger partial charge on any atom is 0.161 e. The predicted octanol–water partition coefficient (Wildman–Crippen LogP) is 4.99. The molecule has 8 heteroatoms. The molecule has 0 atom stereocenters. The number of aromatic nitrogens is 2. The average molecular weight is 592 g/mol. The van der Waals surface area contributed by atoms with E-state index in [9.17, 15) is 0 Å². The summed E-state index contributed by atoms with van der Waals surface area (Å²) in [5.41, 5.74) is 3.84. The molecule has 0 bridgehead atoms. The van der Waals surface area contributed by atoms with E-state index in [1.165, 1.54) is 0 Å². The largest absolute Gasteiger partial charge is 0.493 e. The second-order valence-corrected chi connectivity index (χ2v) is 7.86. The molecule has 0 saturated heterocycles. The highest BCUT2D eigenvalue weighted by Crippen LogP contribution is 2.42. The van der Waals surface area contributed by atoms with Gasteiger partial charge < -0.3 is 18.9 Å². The van der Waals surface area contributed by atoms with Crippen molar-refractivity contribution in [3.8, 4) is 45.4 Å². The summed E-state index contributed by atoms with van der Waals surface area (Å²) in [6.45, 7) is 0. The molecule has 3 rings (SSSR count). The highest BCUT2D eigenvalue weighted by molar-refractivity contribution is 14.1. The number of nitrogens with one attached hydrogen (secondary N) is 1. The second-order valence-electron chi connectivity index (χ2n) is 5.53. The number of aromatic amines is 1. The van der Waals surface area contributed by atoms with Crippen molar-refractivity contribution in [3.05, 3.63) is 37.6 Å². The molecule has 0 aliphatic carbocycles. The maximum atomic E-state index is 5.47. The Morgan fingerprint density at radius 3 is 1.63 bits per heavy atom. The van der Waals surface area contributed by atoms with Crippen molar-refractivity contribution in [3.63, 3.8) is 0 Å². The van der Waals surface area contributed by atoms with Crippen molar-refractivity contribution < 1.29 is 18.9 Å². The summed E-state index contributed by atoms with van der Waals surface area (Å²) in [5, 5.41) is 7.39.